The van der Waals surface area contributed by atoms with Crippen LogP contribution in [0.4, 0.5) is 4.79 Å². The molecule has 0 radical (unpaired) electrons. The van der Waals surface area contributed by atoms with Crippen LogP contribution in [0.25, 0.3) is 11.1 Å². The van der Waals surface area contributed by atoms with Gasteiger partial charge in [0.2, 0.25) is 0 Å². The zero-order chi connectivity index (χ0) is 23.7. The number of carbonyl (C=O) groups is 3. The van der Waals surface area contributed by atoms with Crippen molar-refractivity contribution in [1.82, 2.24) is 15.4 Å². The highest BCUT2D eigenvalue weighted by atomic mass is 16.5. The molecule has 0 spiro atoms. The maximum atomic E-state index is 12.5. The predicted octanol–water partition coefficient (Wildman–Crippen LogP) is 3.26. The molecular formula is C25H23N3O6. The molecule has 174 valence electrons. The molecule has 5 rings (SSSR count). The molecule has 1 atom stereocenters. The second-order valence-electron chi connectivity index (χ2n) is 8.43. The Morgan fingerprint density at radius 2 is 1.76 bits per heavy atom. The van der Waals surface area contributed by atoms with E-state index < -0.39 is 18.0 Å². The molecule has 1 saturated heterocycles. The van der Waals surface area contributed by atoms with Crippen LogP contribution in [0, 0.1) is 5.92 Å². The molecular weight excluding hydrogens is 438 g/mol. The standard InChI is InChI=1S/C25H23N3O6/c29-23(28-10-9-15(13-28)24(30)31)22-11-16(34-27-22)12-26-25(32)33-14-21-19-7-3-1-5-17(19)18-6-2-4-8-20(18)21/h1-8,11,15,21H,9-10,12-14H2,(H,26,32)(H,30,31). The van der Waals surface area contributed by atoms with E-state index in [1.165, 1.54) is 11.0 Å². The molecule has 0 saturated carbocycles. The number of ether oxygens (including phenoxy) is 1. The highest BCUT2D eigenvalue weighted by Crippen LogP contribution is 2.44. The molecule has 34 heavy (non-hydrogen) atoms. The summed E-state index contributed by atoms with van der Waals surface area (Å²) < 4.78 is 10.6. The van der Waals surface area contributed by atoms with Gasteiger partial charge >= 0.3 is 12.1 Å². The van der Waals surface area contributed by atoms with Gasteiger partial charge in [-0.15, -0.1) is 0 Å². The Morgan fingerprint density at radius 3 is 2.41 bits per heavy atom. The van der Waals surface area contributed by atoms with Crippen LogP contribution in [0.5, 0.6) is 0 Å². The number of aliphatic carboxylic acids is 1. The number of fused-ring (bicyclic) bond motifs is 3. The van der Waals surface area contributed by atoms with Crippen molar-refractivity contribution in [3.05, 3.63) is 77.2 Å². The van der Waals surface area contributed by atoms with Crippen LogP contribution in [-0.2, 0) is 16.1 Å². The first-order chi connectivity index (χ1) is 16.5. The number of hydrogen-bond donors (Lipinski definition) is 2. The number of alkyl carbamates (subject to hydrolysis) is 1. The summed E-state index contributed by atoms with van der Waals surface area (Å²) in [6.45, 7) is 0.707. The van der Waals surface area contributed by atoms with E-state index in [4.69, 9.17) is 14.4 Å². The highest BCUT2D eigenvalue weighted by molar-refractivity contribution is 5.93. The number of hydrogen-bond acceptors (Lipinski definition) is 6. The lowest BCUT2D eigenvalue weighted by Gasteiger charge is -2.14. The fraction of sp³-hybridized carbons (Fsp3) is 0.280. The number of benzene rings is 2. The van der Waals surface area contributed by atoms with E-state index in [-0.39, 0.29) is 37.2 Å². The highest BCUT2D eigenvalue weighted by Gasteiger charge is 2.33. The number of rotatable bonds is 6. The third kappa shape index (κ3) is 4.12. The summed E-state index contributed by atoms with van der Waals surface area (Å²) in [4.78, 5) is 37.4. The van der Waals surface area contributed by atoms with Gasteiger partial charge in [0.15, 0.2) is 11.5 Å². The summed E-state index contributed by atoms with van der Waals surface area (Å²) in [5.41, 5.74) is 4.64. The van der Waals surface area contributed by atoms with E-state index in [1.807, 2.05) is 36.4 Å². The van der Waals surface area contributed by atoms with Gasteiger partial charge in [-0.1, -0.05) is 53.7 Å². The van der Waals surface area contributed by atoms with Crippen molar-refractivity contribution in [3.8, 4) is 11.1 Å². The van der Waals surface area contributed by atoms with Crippen LogP contribution < -0.4 is 5.32 Å². The lowest BCUT2D eigenvalue weighted by Crippen LogP contribution is -2.30. The van der Waals surface area contributed by atoms with Crippen molar-refractivity contribution < 1.29 is 28.8 Å². The normalized spacial score (nSPS) is 16.7. The number of aromatic nitrogens is 1. The van der Waals surface area contributed by atoms with Gasteiger partial charge in [-0.3, -0.25) is 9.59 Å². The Bertz CT molecular complexity index is 1210. The van der Waals surface area contributed by atoms with Crippen LogP contribution in [0.15, 0.2) is 59.1 Å². The molecule has 0 bridgehead atoms. The van der Waals surface area contributed by atoms with Crippen LogP contribution in [0.2, 0.25) is 0 Å². The molecule has 2 aliphatic rings. The molecule has 1 fully saturated rings. The third-order valence-electron chi connectivity index (χ3n) is 6.35. The summed E-state index contributed by atoms with van der Waals surface area (Å²) in [6, 6.07) is 17.6. The van der Waals surface area contributed by atoms with Crippen LogP contribution in [-0.4, -0.2) is 52.8 Å². The van der Waals surface area contributed by atoms with E-state index in [0.29, 0.717) is 18.7 Å². The van der Waals surface area contributed by atoms with E-state index >= 15 is 0 Å². The smallest absolute Gasteiger partial charge is 0.407 e. The minimum atomic E-state index is -0.913. The van der Waals surface area contributed by atoms with Crippen molar-refractivity contribution in [3.63, 3.8) is 0 Å². The molecule has 2 amide bonds. The maximum absolute atomic E-state index is 12.5. The first-order valence-electron chi connectivity index (χ1n) is 11.1. The molecule has 1 aliphatic carbocycles. The number of nitrogens with one attached hydrogen (secondary N) is 1. The summed E-state index contributed by atoms with van der Waals surface area (Å²) in [5, 5.41) is 15.5. The summed E-state index contributed by atoms with van der Waals surface area (Å²) in [6.07, 6.45) is -0.190. The van der Waals surface area contributed by atoms with E-state index in [0.717, 1.165) is 22.3 Å². The molecule has 3 aromatic rings. The minimum absolute atomic E-state index is 0.00864. The Hall–Kier alpha value is -4.14. The molecule has 1 unspecified atom stereocenters. The van der Waals surface area contributed by atoms with E-state index in [1.54, 1.807) is 0 Å². The Balaban J connectivity index is 1.15. The zero-order valence-electron chi connectivity index (χ0n) is 18.3. The number of carboxylic acid groups (broad SMARTS) is 1. The molecule has 9 heteroatoms. The number of carboxylic acids is 1. The average molecular weight is 461 g/mol. The molecule has 2 heterocycles. The number of nitrogens with zero attached hydrogens (tertiary/aromatic N) is 2. The van der Waals surface area contributed by atoms with Gasteiger partial charge in [0.1, 0.15) is 6.61 Å². The van der Waals surface area contributed by atoms with Gasteiger partial charge in [0.05, 0.1) is 12.5 Å². The van der Waals surface area contributed by atoms with Gasteiger partial charge in [0.25, 0.3) is 5.91 Å². The van der Waals surface area contributed by atoms with Gasteiger partial charge in [-0.2, -0.15) is 0 Å². The summed E-state index contributed by atoms with van der Waals surface area (Å²) in [5.74, 6) is -1.61. The van der Waals surface area contributed by atoms with Crippen LogP contribution >= 0.6 is 0 Å². The second kappa shape index (κ2) is 9.01. The Morgan fingerprint density at radius 1 is 1.09 bits per heavy atom. The van der Waals surface area contributed by atoms with Crippen molar-refractivity contribution in [2.24, 2.45) is 5.92 Å². The van der Waals surface area contributed by atoms with E-state index in [9.17, 15) is 14.4 Å². The minimum Gasteiger partial charge on any atom is -0.481 e. The van der Waals surface area contributed by atoms with Crippen molar-refractivity contribution in [2.75, 3.05) is 19.7 Å². The fourth-order valence-electron chi connectivity index (χ4n) is 4.61. The zero-order valence-corrected chi connectivity index (χ0v) is 18.3. The maximum Gasteiger partial charge on any atom is 0.407 e. The Kier molecular flexibility index (Phi) is 5.75. The van der Waals surface area contributed by atoms with Gasteiger partial charge in [0, 0.05) is 25.1 Å². The number of carbonyl (C=O) groups excluding carboxylic acids is 2. The Labute approximate surface area is 195 Å². The van der Waals surface area contributed by atoms with Crippen molar-refractivity contribution in [1.29, 1.82) is 0 Å². The lowest BCUT2D eigenvalue weighted by molar-refractivity contribution is -0.141. The van der Waals surface area contributed by atoms with Crippen molar-refractivity contribution in [2.45, 2.75) is 18.9 Å². The molecule has 2 aromatic carbocycles. The first-order valence-corrected chi connectivity index (χ1v) is 11.1. The fourth-order valence-corrected chi connectivity index (χ4v) is 4.61. The third-order valence-corrected chi connectivity index (χ3v) is 6.35. The van der Waals surface area contributed by atoms with Gasteiger partial charge in [-0.25, -0.2) is 4.79 Å². The first kappa shape index (κ1) is 21.7. The monoisotopic (exact) mass is 461 g/mol. The van der Waals surface area contributed by atoms with Crippen molar-refractivity contribution >= 4 is 18.0 Å². The molecule has 1 aromatic heterocycles. The predicted molar refractivity (Wildman–Crippen MR) is 120 cm³/mol. The van der Waals surface area contributed by atoms with Gasteiger partial charge in [-0.05, 0) is 28.7 Å². The summed E-state index contributed by atoms with van der Waals surface area (Å²) in [7, 11) is 0. The topological polar surface area (TPSA) is 122 Å². The number of likely N-dealkylation sites (tertiary alicyclic amines) is 1. The average Bonchev–Trinajstić information content (AvgIpc) is 3.59. The van der Waals surface area contributed by atoms with Crippen LogP contribution in [0.3, 0.4) is 0 Å². The molecule has 2 N–H and O–H groups in total. The summed E-state index contributed by atoms with van der Waals surface area (Å²) >= 11 is 0. The second-order valence-corrected chi connectivity index (χ2v) is 8.43. The quantitative estimate of drug-likeness (QED) is 0.578. The molecule has 1 aliphatic heterocycles. The SMILES string of the molecule is O=C(NCc1cc(C(=O)N2CCC(C(=O)O)C2)no1)OCC1c2ccccc2-c2ccccc21. The van der Waals surface area contributed by atoms with Gasteiger partial charge < -0.3 is 24.6 Å². The lowest BCUT2D eigenvalue weighted by atomic mass is 9.98. The number of amides is 2. The largest absolute Gasteiger partial charge is 0.481 e. The van der Waals surface area contributed by atoms with E-state index in [2.05, 4.69) is 22.6 Å². The van der Waals surface area contributed by atoms with Crippen LogP contribution in [0.1, 0.15) is 39.7 Å². The molecule has 9 nitrogen and oxygen atoms in total.